The summed E-state index contributed by atoms with van der Waals surface area (Å²) in [4.78, 5) is 16.2. The smallest absolute Gasteiger partial charge is 0.188 e. The van der Waals surface area contributed by atoms with Gasteiger partial charge in [0.05, 0.1) is 18.0 Å². The Hall–Kier alpha value is -1.57. The molecule has 4 heterocycles. The summed E-state index contributed by atoms with van der Waals surface area (Å²) in [6, 6.07) is 0.615. The summed E-state index contributed by atoms with van der Waals surface area (Å²) < 4.78 is 5.53. The van der Waals surface area contributed by atoms with Gasteiger partial charge in [0.1, 0.15) is 0 Å². The van der Waals surface area contributed by atoms with Crippen LogP contribution in [0, 0.1) is 6.92 Å². The third-order valence-electron chi connectivity index (χ3n) is 4.91. The average molecular weight is 345 g/mol. The van der Waals surface area contributed by atoms with Gasteiger partial charge >= 0.3 is 0 Å². The van der Waals surface area contributed by atoms with Gasteiger partial charge in [-0.25, -0.2) is 9.97 Å². The highest BCUT2D eigenvalue weighted by Gasteiger charge is 2.30. The number of hydrogen-bond acceptors (Lipinski definition) is 7. The molecular weight excluding hydrogens is 322 g/mol. The first-order valence-electron chi connectivity index (χ1n) is 8.61. The highest BCUT2D eigenvalue weighted by atomic mass is 32.1. The van der Waals surface area contributed by atoms with E-state index in [2.05, 4.69) is 25.2 Å². The normalized spacial score (nSPS) is 22.8. The van der Waals surface area contributed by atoms with Crippen molar-refractivity contribution in [3.05, 3.63) is 29.2 Å². The van der Waals surface area contributed by atoms with Crippen LogP contribution >= 0.6 is 11.3 Å². The van der Waals surface area contributed by atoms with Crippen molar-refractivity contribution in [1.29, 1.82) is 0 Å². The van der Waals surface area contributed by atoms with Gasteiger partial charge in [-0.2, -0.15) is 0 Å². The van der Waals surface area contributed by atoms with E-state index >= 15 is 0 Å². The lowest BCUT2D eigenvalue weighted by molar-refractivity contribution is 0.121. The zero-order valence-electron chi connectivity index (χ0n) is 13.9. The fraction of sp³-hybridized carbons (Fsp3) is 0.588. The Bertz CT molecular complexity index is 677. The molecule has 1 N–H and O–H groups in total. The van der Waals surface area contributed by atoms with Gasteiger partial charge in [-0.15, -0.1) is 11.3 Å². The molecule has 0 bridgehead atoms. The quantitative estimate of drug-likeness (QED) is 0.919. The van der Waals surface area contributed by atoms with Crippen molar-refractivity contribution < 1.29 is 4.74 Å². The average Bonchev–Trinajstić information content (AvgIpc) is 3.28. The number of aromatic nitrogens is 3. The summed E-state index contributed by atoms with van der Waals surface area (Å²) in [5.74, 6) is 1.32. The van der Waals surface area contributed by atoms with Gasteiger partial charge in [0.2, 0.25) is 0 Å². The van der Waals surface area contributed by atoms with Crippen molar-refractivity contribution in [2.24, 2.45) is 0 Å². The molecule has 1 atom stereocenters. The van der Waals surface area contributed by atoms with Crippen LogP contribution in [0.25, 0.3) is 0 Å². The maximum absolute atomic E-state index is 5.53. The second-order valence-corrected chi connectivity index (χ2v) is 7.39. The van der Waals surface area contributed by atoms with Crippen molar-refractivity contribution in [1.82, 2.24) is 19.9 Å². The summed E-state index contributed by atoms with van der Waals surface area (Å²) in [6.07, 6.45) is 6.97. The lowest BCUT2D eigenvalue weighted by atomic mass is 9.92. The predicted octanol–water partition coefficient (Wildman–Crippen LogP) is 2.95. The maximum atomic E-state index is 5.53. The van der Waals surface area contributed by atoms with Crippen LogP contribution in [-0.4, -0.2) is 52.2 Å². The van der Waals surface area contributed by atoms with E-state index in [9.17, 15) is 0 Å². The molecule has 7 heteroatoms. The fourth-order valence-electron chi connectivity index (χ4n) is 3.60. The van der Waals surface area contributed by atoms with Crippen LogP contribution in [0.4, 0.5) is 10.9 Å². The van der Waals surface area contributed by atoms with Crippen molar-refractivity contribution in [3.63, 3.8) is 0 Å². The van der Waals surface area contributed by atoms with Crippen molar-refractivity contribution in [3.8, 4) is 0 Å². The molecule has 2 aromatic rings. The second-order valence-electron chi connectivity index (χ2n) is 6.54. The summed E-state index contributed by atoms with van der Waals surface area (Å²) in [5, 5.41) is 6.28. The molecule has 6 nitrogen and oxygen atoms in total. The van der Waals surface area contributed by atoms with Crippen molar-refractivity contribution in [2.75, 3.05) is 31.6 Å². The zero-order valence-corrected chi connectivity index (χ0v) is 14.8. The van der Waals surface area contributed by atoms with Crippen LogP contribution in [0.15, 0.2) is 17.8 Å². The number of aryl methyl sites for hydroxylation is 1. The molecule has 0 aliphatic carbocycles. The molecule has 2 saturated heterocycles. The number of likely N-dealkylation sites (tertiary alicyclic amines) is 1. The van der Waals surface area contributed by atoms with Crippen LogP contribution in [0.3, 0.4) is 0 Å². The number of anilines is 2. The third kappa shape index (κ3) is 3.43. The molecule has 2 aliphatic heterocycles. The Morgan fingerprint density at radius 1 is 1.21 bits per heavy atom. The SMILES string of the molecule is Cc1csc(Nc2nccnc2C2CCN([C@@H]3CCOC3)CC2)n1. The van der Waals surface area contributed by atoms with Crippen molar-refractivity contribution >= 4 is 22.3 Å². The number of hydrogen-bond donors (Lipinski definition) is 1. The summed E-state index contributed by atoms with van der Waals surface area (Å²) in [7, 11) is 0. The number of thiazole rings is 1. The minimum Gasteiger partial charge on any atom is -0.380 e. The van der Waals surface area contributed by atoms with E-state index in [0.717, 1.165) is 61.5 Å². The van der Waals surface area contributed by atoms with Gasteiger partial charge in [-0.1, -0.05) is 0 Å². The second kappa shape index (κ2) is 7.13. The van der Waals surface area contributed by atoms with E-state index < -0.39 is 0 Å². The first-order chi connectivity index (χ1) is 11.8. The molecule has 2 fully saturated rings. The van der Waals surface area contributed by atoms with Crippen LogP contribution in [-0.2, 0) is 4.74 Å². The topological polar surface area (TPSA) is 63.2 Å². The number of ether oxygens (including phenoxy) is 1. The Labute approximate surface area is 146 Å². The van der Waals surface area contributed by atoms with Gasteiger partial charge in [-0.05, 0) is 39.3 Å². The van der Waals surface area contributed by atoms with Crippen LogP contribution < -0.4 is 5.32 Å². The van der Waals surface area contributed by atoms with E-state index in [-0.39, 0.29) is 0 Å². The molecular formula is C17H23N5OS. The molecule has 0 aromatic carbocycles. The van der Waals surface area contributed by atoms with Gasteiger partial charge < -0.3 is 10.1 Å². The predicted molar refractivity (Wildman–Crippen MR) is 94.9 cm³/mol. The van der Waals surface area contributed by atoms with Crippen LogP contribution in [0.1, 0.15) is 36.6 Å². The van der Waals surface area contributed by atoms with E-state index in [4.69, 9.17) is 4.74 Å². The van der Waals surface area contributed by atoms with Gasteiger partial charge in [-0.3, -0.25) is 9.88 Å². The first-order valence-corrected chi connectivity index (χ1v) is 9.49. The lowest BCUT2D eigenvalue weighted by Gasteiger charge is -2.35. The summed E-state index contributed by atoms with van der Waals surface area (Å²) in [6.45, 7) is 6.04. The monoisotopic (exact) mass is 345 g/mol. The molecule has 0 spiro atoms. The molecule has 2 aliphatic rings. The van der Waals surface area contributed by atoms with E-state index in [1.54, 1.807) is 23.7 Å². The first kappa shape index (κ1) is 15.9. The van der Waals surface area contributed by atoms with Crippen LogP contribution in [0.2, 0.25) is 0 Å². The van der Waals surface area contributed by atoms with E-state index in [0.29, 0.717) is 12.0 Å². The Morgan fingerprint density at radius 3 is 2.75 bits per heavy atom. The van der Waals surface area contributed by atoms with Gasteiger partial charge in [0.15, 0.2) is 10.9 Å². The molecule has 128 valence electrons. The summed E-state index contributed by atoms with van der Waals surface area (Å²) >= 11 is 1.60. The van der Waals surface area contributed by atoms with Gasteiger partial charge in [0.25, 0.3) is 0 Å². The number of piperidine rings is 1. The minimum atomic E-state index is 0.459. The molecule has 0 unspecified atom stereocenters. The fourth-order valence-corrected chi connectivity index (χ4v) is 4.29. The molecule has 0 radical (unpaired) electrons. The molecule has 2 aromatic heterocycles. The van der Waals surface area contributed by atoms with Crippen LogP contribution in [0.5, 0.6) is 0 Å². The standard InChI is InChI=1S/C17H23N5OS/c1-12-11-24-17(20-12)21-16-15(18-5-6-19-16)13-2-7-22(8-3-13)14-4-9-23-10-14/h5-6,11,13-14H,2-4,7-10H2,1H3,(H,19,20,21)/t14-/m1/s1. The number of nitrogens with zero attached hydrogens (tertiary/aromatic N) is 4. The highest BCUT2D eigenvalue weighted by Crippen LogP contribution is 2.33. The van der Waals surface area contributed by atoms with E-state index in [1.807, 2.05) is 12.3 Å². The maximum Gasteiger partial charge on any atom is 0.188 e. The lowest BCUT2D eigenvalue weighted by Crippen LogP contribution is -2.41. The van der Waals surface area contributed by atoms with E-state index in [1.165, 1.54) is 6.42 Å². The highest BCUT2D eigenvalue weighted by molar-refractivity contribution is 7.13. The third-order valence-corrected chi connectivity index (χ3v) is 5.78. The Morgan fingerprint density at radius 2 is 2.04 bits per heavy atom. The molecule has 0 saturated carbocycles. The minimum absolute atomic E-state index is 0.459. The molecule has 24 heavy (non-hydrogen) atoms. The van der Waals surface area contributed by atoms with Crippen molar-refractivity contribution in [2.45, 2.75) is 38.1 Å². The Kier molecular flexibility index (Phi) is 4.73. The molecule has 0 amide bonds. The number of nitrogens with one attached hydrogen (secondary N) is 1. The molecule has 4 rings (SSSR count). The largest absolute Gasteiger partial charge is 0.380 e. The van der Waals surface area contributed by atoms with Gasteiger partial charge in [0, 0.05) is 36.3 Å². The Balaban J connectivity index is 1.44. The number of rotatable bonds is 4. The summed E-state index contributed by atoms with van der Waals surface area (Å²) in [5.41, 5.74) is 2.10. The zero-order chi connectivity index (χ0) is 16.4.